The van der Waals surface area contributed by atoms with Gasteiger partial charge in [-0.05, 0) is 0 Å². The van der Waals surface area contributed by atoms with Gasteiger partial charge in [0.2, 0.25) is 23.6 Å². The van der Waals surface area contributed by atoms with Crippen LogP contribution < -0.4 is 21.3 Å². The second-order valence-electron chi connectivity index (χ2n) is 25.4. The predicted octanol–water partition coefficient (Wildman–Crippen LogP) is -17.9. The van der Waals surface area contributed by atoms with Crippen LogP contribution in [0.15, 0.2) is 0 Å². The first-order valence-corrected chi connectivity index (χ1v) is 32.1. The van der Waals surface area contributed by atoms with Gasteiger partial charge >= 0.3 is 0 Å². The van der Waals surface area contributed by atoms with Gasteiger partial charge in [0, 0.05) is 27.7 Å². The molecule has 0 aromatic heterocycles. The van der Waals surface area contributed by atoms with Crippen molar-refractivity contribution in [1.29, 1.82) is 0 Å². The van der Waals surface area contributed by atoms with Crippen LogP contribution in [0, 0.1) is 0 Å². The molecule has 45 nitrogen and oxygen atoms in total. The molecule has 40 atom stereocenters. The van der Waals surface area contributed by atoms with E-state index in [2.05, 4.69) is 21.3 Å². The number of carbonyl (C=O) groups is 4. The minimum Gasteiger partial charge on any atom is -0.394 e. The fraction of sp³-hybridized carbons (Fsp3) is 0.929. The molecule has 584 valence electrons. The number of rotatable bonds is 26. The van der Waals surface area contributed by atoms with E-state index in [1.807, 2.05) is 0 Å². The van der Waals surface area contributed by atoms with Crippen LogP contribution in [-0.4, -0.2) is 434 Å². The van der Waals surface area contributed by atoms with Crippen LogP contribution in [0.5, 0.6) is 0 Å². The Morgan fingerprint density at radius 2 is 0.554 bits per heavy atom. The van der Waals surface area contributed by atoms with Crippen LogP contribution in [0.3, 0.4) is 0 Å². The maximum Gasteiger partial charge on any atom is 0.217 e. The van der Waals surface area contributed by atoms with Crippen LogP contribution in [0.2, 0.25) is 0 Å². The number of hydrogen-bond acceptors (Lipinski definition) is 41. The molecule has 0 aromatic rings. The van der Waals surface area contributed by atoms with Crippen LogP contribution in [0.25, 0.3) is 0 Å². The Balaban J connectivity index is 1.22. The van der Waals surface area contributed by atoms with Crippen LogP contribution >= 0.6 is 0 Å². The van der Waals surface area contributed by atoms with Gasteiger partial charge in [-0.3, -0.25) is 19.2 Å². The number of ether oxygens (including phenoxy) is 15. The van der Waals surface area contributed by atoms with Crippen molar-refractivity contribution in [2.75, 3.05) is 52.9 Å². The van der Waals surface area contributed by atoms with Crippen molar-refractivity contribution in [3.05, 3.63) is 0 Å². The lowest BCUT2D eigenvalue weighted by Gasteiger charge is -2.52. The van der Waals surface area contributed by atoms with E-state index < -0.39 is 322 Å². The van der Waals surface area contributed by atoms with Crippen LogP contribution in [0.4, 0.5) is 0 Å². The zero-order chi connectivity index (χ0) is 74.5. The summed E-state index contributed by atoms with van der Waals surface area (Å²) in [6.45, 7) is -4.61. The molecule has 0 bridgehead atoms. The van der Waals surface area contributed by atoms with Crippen molar-refractivity contribution < 1.29 is 203 Å². The van der Waals surface area contributed by atoms with Crippen molar-refractivity contribution >= 4 is 23.6 Å². The molecule has 26 N–H and O–H groups in total. The first-order valence-electron chi connectivity index (χ1n) is 32.1. The minimum atomic E-state index is -2.62. The molecule has 0 aliphatic carbocycles. The zero-order valence-electron chi connectivity index (χ0n) is 54.3. The fourth-order valence-corrected chi connectivity index (χ4v) is 12.9. The summed E-state index contributed by atoms with van der Waals surface area (Å²) >= 11 is 0. The molecule has 0 aromatic carbocycles. The number of aliphatic hydroxyl groups excluding tert-OH is 22. The van der Waals surface area contributed by atoms with E-state index in [-0.39, 0.29) is 0 Å². The molecule has 0 unspecified atom stereocenters. The van der Waals surface area contributed by atoms with E-state index in [9.17, 15) is 132 Å². The van der Waals surface area contributed by atoms with E-state index in [0.717, 1.165) is 27.7 Å². The van der Waals surface area contributed by atoms with Crippen molar-refractivity contribution in [3.63, 3.8) is 0 Å². The van der Waals surface area contributed by atoms with Gasteiger partial charge in [0.1, 0.15) is 195 Å². The number of carbonyl (C=O) groups excluding carboxylic acids is 4. The summed E-state index contributed by atoms with van der Waals surface area (Å²) in [6.07, 6.45) is -74.8. The SMILES string of the molecule is CC(=O)N[C@@H]1[C@@H](O)[C@H](O[C@@H]2O[C@H](CO)[C@@H](O[C@@H]3O[C@H](CO[C@H]4O[C@H](CO[C@H]5O[C@H](CO)[C@@H](O)[C@H](O)[C@@H]5O)[C@@H](O)[C@H](O)[C@@H]4O)[C@@H](O[C@@H]4O[C@H](CO)[C@@H](O)[C@H](O)[C@H]4NC(C)=O)[C@H](O[C@H]4O[C@H](CO)[C@@H](O)[C@H](O)[C@@H]4O[C@@H]4O[C@H](CO)[C@@H](O)[C@H](O)[C@H]4NC(C)=O)[C@@H]3O)[C@H](O)[C@H]2NC(C)=O)[C@@H](CO)O[C@H]1O. The summed E-state index contributed by atoms with van der Waals surface area (Å²) in [6, 6.07) is -7.30. The summed E-state index contributed by atoms with van der Waals surface area (Å²) in [5, 5.41) is 252. The molecule has 8 aliphatic heterocycles. The Morgan fingerprint density at radius 1 is 0.257 bits per heavy atom. The highest BCUT2D eigenvalue weighted by molar-refractivity contribution is 5.74. The summed E-state index contributed by atoms with van der Waals surface area (Å²) < 4.78 is 89.7. The van der Waals surface area contributed by atoms with Gasteiger partial charge in [-0.25, -0.2) is 0 Å². The lowest BCUT2D eigenvalue weighted by Crippen LogP contribution is -2.71. The highest BCUT2D eigenvalue weighted by Gasteiger charge is 2.60. The Kier molecular flexibility index (Phi) is 29.9. The van der Waals surface area contributed by atoms with Gasteiger partial charge < -0.3 is 205 Å². The molecule has 45 heteroatoms. The van der Waals surface area contributed by atoms with E-state index in [4.69, 9.17) is 71.1 Å². The predicted molar refractivity (Wildman–Crippen MR) is 311 cm³/mol. The second-order valence-corrected chi connectivity index (χ2v) is 25.4. The second kappa shape index (κ2) is 36.3. The highest BCUT2D eigenvalue weighted by atomic mass is 16.8. The first kappa shape index (κ1) is 83.0. The van der Waals surface area contributed by atoms with Gasteiger partial charge in [-0.1, -0.05) is 0 Å². The molecule has 4 amide bonds. The Labute approximate surface area is 572 Å². The topological polar surface area (TPSA) is 700 Å². The monoisotopic (exact) mass is 1480 g/mol. The van der Waals surface area contributed by atoms with Gasteiger partial charge in [0.05, 0.1) is 52.9 Å². The van der Waals surface area contributed by atoms with Crippen molar-refractivity contribution in [3.8, 4) is 0 Å². The Bertz CT molecular complexity index is 2640. The maximum atomic E-state index is 13.0. The molecule has 8 fully saturated rings. The summed E-state index contributed by atoms with van der Waals surface area (Å²) in [7, 11) is 0. The Morgan fingerprint density at radius 3 is 1.00 bits per heavy atom. The summed E-state index contributed by atoms with van der Waals surface area (Å²) in [5.41, 5.74) is 0. The summed E-state index contributed by atoms with van der Waals surface area (Å²) in [5.74, 6) is -3.54. The van der Waals surface area contributed by atoms with Gasteiger partial charge in [-0.15, -0.1) is 0 Å². The van der Waals surface area contributed by atoms with Crippen molar-refractivity contribution in [2.45, 2.75) is 273 Å². The smallest absolute Gasteiger partial charge is 0.217 e. The lowest BCUT2D eigenvalue weighted by molar-refractivity contribution is -0.406. The average Bonchev–Trinajstić information content (AvgIpc) is 0.775. The average molecular weight is 1480 g/mol. The number of amides is 4. The first-order chi connectivity index (χ1) is 47.7. The minimum absolute atomic E-state index is 0.781. The van der Waals surface area contributed by atoms with Crippen LogP contribution in [0.1, 0.15) is 27.7 Å². The van der Waals surface area contributed by atoms with Crippen molar-refractivity contribution in [1.82, 2.24) is 21.3 Å². The third-order valence-electron chi connectivity index (χ3n) is 18.2. The lowest BCUT2D eigenvalue weighted by atomic mass is 9.93. The summed E-state index contributed by atoms with van der Waals surface area (Å²) in [4.78, 5) is 50.6. The number of nitrogens with one attached hydrogen (secondary N) is 4. The van der Waals surface area contributed by atoms with E-state index in [0.29, 0.717) is 0 Å². The molecule has 0 radical (unpaired) electrons. The molecule has 101 heavy (non-hydrogen) atoms. The van der Waals surface area contributed by atoms with Crippen LogP contribution in [-0.2, 0) is 90.2 Å². The third-order valence-corrected chi connectivity index (χ3v) is 18.2. The molecule has 8 aliphatic rings. The highest BCUT2D eigenvalue weighted by Crippen LogP contribution is 2.40. The number of hydrogen-bond donors (Lipinski definition) is 26. The molecule has 0 spiro atoms. The van der Waals surface area contributed by atoms with Gasteiger partial charge in [0.15, 0.2) is 50.3 Å². The molecule has 8 rings (SSSR count). The fourth-order valence-electron chi connectivity index (χ4n) is 12.9. The standard InChI is InChI=1S/C56H94N4O41/c1-13(67)57-25-36(78)44(21(9-65)89-49(25)86)97-52-28(60-16(4)70)37(79)45(22(10-66)94-52)98-55-43(85)47(100-56-48(40(82)32(74)20(8-64)93-56)101-51-27(59-15(3)69)35(77)30(72)18(6-62)91-51)46(99-50-26(58-14(2)68)34(76)29(71)17(5-61)90-50)24(96-55)12-88-54-42(84)39(81)33(75)23(95-54)11-87-53-41(83)38(80)31(73)19(7-63)92-53/h17-56,61-66,71-86H,5-12H2,1-4H3,(H,57,67)(H,58,68)(H,59,69)(H,60,70)/t17-,18-,19-,20-,21-,22-,23-,24-,25-,26-,27-,28-,29-,30-,31-,32-,33-,34-,35-,36-,37-,38+,39+,40+,41+,42+,43+,44-,45-,46-,47-,48+,49-,50+,51+,52+,53+,54+,55+,56-/m1/s1. The molecule has 8 heterocycles. The zero-order valence-corrected chi connectivity index (χ0v) is 54.3. The molecule has 0 saturated carbocycles. The largest absolute Gasteiger partial charge is 0.394 e. The van der Waals surface area contributed by atoms with Gasteiger partial charge in [0.25, 0.3) is 0 Å². The van der Waals surface area contributed by atoms with E-state index in [1.54, 1.807) is 0 Å². The Hall–Kier alpha value is -3.60. The molecular weight excluding hydrogens is 1380 g/mol. The maximum absolute atomic E-state index is 13.0. The van der Waals surface area contributed by atoms with Gasteiger partial charge in [-0.2, -0.15) is 0 Å². The van der Waals surface area contributed by atoms with E-state index >= 15 is 0 Å². The van der Waals surface area contributed by atoms with Crippen molar-refractivity contribution in [2.24, 2.45) is 0 Å². The third kappa shape index (κ3) is 18.7. The quantitative estimate of drug-likeness (QED) is 0.0382. The molecule has 8 saturated heterocycles. The normalized spacial score (nSPS) is 48.3. The molecular formula is C56H94N4O41. The van der Waals surface area contributed by atoms with E-state index in [1.165, 1.54) is 0 Å². The number of aliphatic hydroxyl groups is 22.